The molecule has 1 fully saturated rings. The van der Waals surface area contributed by atoms with Crippen LogP contribution in [0.3, 0.4) is 0 Å². The zero-order valence-corrected chi connectivity index (χ0v) is 11.3. The lowest BCUT2D eigenvalue weighted by atomic mass is 10.3. The van der Waals surface area contributed by atoms with E-state index in [1.54, 1.807) is 11.3 Å². The van der Waals surface area contributed by atoms with E-state index in [1.165, 1.54) is 22.5 Å². The Labute approximate surface area is 107 Å². The third-order valence-corrected chi connectivity index (χ3v) is 4.31. The standard InChI is InChI=1S/C12H13BrN2S/c13-9-3-4-10-11(5-9)16-12(15-10)7-14-6-8-1-2-8/h3-5,8,14H,1-2,6-7H2. The van der Waals surface area contributed by atoms with Gasteiger partial charge in [-0.3, -0.25) is 0 Å². The molecule has 0 spiro atoms. The van der Waals surface area contributed by atoms with Crippen LogP contribution in [0.5, 0.6) is 0 Å². The molecule has 1 N–H and O–H groups in total. The molecule has 1 aromatic carbocycles. The van der Waals surface area contributed by atoms with Gasteiger partial charge in [0.15, 0.2) is 0 Å². The van der Waals surface area contributed by atoms with Gasteiger partial charge in [-0.15, -0.1) is 11.3 Å². The molecule has 0 saturated heterocycles. The molecule has 4 heteroatoms. The number of rotatable bonds is 4. The van der Waals surface area contributed by atoms with Crippen molar-refractivity contribution in [1.82, 2.24) is 10.3 Å². The fourth-order valence-electron chi connectivity index (χ4n) is 1.73. The van der Waals surface area contributed by atoms with Crippen LogP contribution >= 0.6 is 27.3 Å². The second-order valence-electron chi connectivity index (χ2n) is 4.29. The third-order valence-electron chi connectivity index (χ3n) is 2.80. The van der Waals surface area contributed by atoms with Crippen LogP contribution in [-0.4, -0.2) is 11.5 Å². The molecular formula is C12H13BrN2S. The Kier molecular flexibility index (Phi) is 2.96. The van der Waals surface area contributed by atoms with Gasteiger partial charge in [0.05, 0.1) is 10.2 Å². The summed E-state index contributed by atoms with van der Waals surface area (Å²) in [6, 6.07) is 6.25. The average Bonchev–Trinajstić information content (AvgIpc) is 2.98. The zero-order chi connectivity index (χ0) is 11.0. The van der Waals surface area contributed by atoms with Crippen molar-refractivity contribution in [3.05, 3.63) is 27.7 Å². The van der Waals surface area contributed by atoms with Gasteiger partial charge in [0.2, 0.25) is 0 Å². The van der Waals surface area contributed by atoms with Crippen molar-refractivity contribution in [2.24, 2.45) is 5.92 Å². The maximum absolute atomic E-state index is 4.61. The van der Waals surface area contributed by atoms with Crippen LogP contribution in [0.1, 0.15) is 17.8 Å². The lowest BCUT2D eigenvalue weighted by Gasteiger charge is -1.98. The molecule has 1 saturated carbocycles. The lowest BCUT2D eigenvalue weighted by molar-refractivity contribution is 0.637. The molecule has 1 aromatic heterocycles. The molecule has 0 radical (unpaired) electrons. The van der Waals surface area contributed by atoms with Crippen molar-refractivity contribution in [3.8, 4) is 0 Å². The normalized spacial score (nSPS) is 15.8. The lowest BCUT2D eigenvalue weighted by Crippen LogP contribution is -2.15. The van der Waals surface area contributed by atoms with E-state index in [0.717, 1.165) is 29.0 Å². The number of aromatic nitrogens is 1. The first-order valence-electron chi connectivity index (χ1n) is 5.57. The molecule has 1 aliphatic rings. The molecule has 2 aromatic rings. The molecule has 1 aliphatic carbocycles. The Morgan fingerprint density at radius 3 is 3.12 bits per heavy atom. The molecule has 16 heavy (non-hydrogen) atoms. The fraction of sp³-hybridized carbons (Fsp3) is 0.417. The van der Waals surface area contributed by atoms with E-state index in [1.807, 2.05) is 6.07 Å². The van der Waals surface area contributed by atoms with Gasteiger partial charge in [0.25, 0.3) is 0 Å². The van der Waals surface area contributed by atoms with Crippen molar-refractivity contribution in [3.63, 3.8) is 0 Å². The van der Waals surface area contributed by atoms with E-state index < -0.39 is 0 Å². The number of hydrogen-bond acceptors (Lipinski definition) is 3. The highest BCUT2D eigenvalue weighted by atomic mass is 79.9. The highest BCUT2D eigenvalue weighted by Crippen LogP contribution is 2.28. The first-order valence-corrected chi connectivity index (χ1v) is 7.18. The Balaban J connectivity index is 1.71. The van der Waals surface area contributed by atoms with E-state index >= 15 is 0 Å². The highest BCUT2D eigenvalue weighted by Gasteiger charge is 2.20. The highest BCUT2D eigenvalue weighted by molar-refractivity contribution is 9.10. The quantitative estimate of drug-likeness (QED) is 0.933. The molecule has 0 bridgehead atoms. The summed E-state index contributed by atoms with van der Waals surface area (Å²) in [5.74, 6) is 0.934. The van der Waals surface area contributed by atoms with Crippen LogP contribution in [0.25, 0.3) is 10.2 Å². The predicted octanol–water partition coefficient (Wildman–Crippen LogP) is 3.56. The Hall–Kier alpha value is -0.450. The average molecular weight is 297 g/mol. The van der Waals surface area contributed by atoms with Crippen molar-refractivity contribution >= 4 is 37.5 Å². The maximum Gasteiger partial charge on any atom is 0.108 e. The van der Waals surface area contributed by atoms with Gasteiger partial charge < -0.3 is 5.32 Å². The number of nitrogens with one attached hydrogen (secondary N) is 1. The molecule has 2 nitrogen and oxygen atoms in total. The van der Waals surface area contributed by atoms with Crippen molar-refractivity contribution < 1.29 is 0 Å². The SMILES string of the molecule is Brc1ccc2nc(CNCC3CC3)sc2c1. The number of fused-ring (bicyclic) bond motifs is 1. The number of nitrogens with zero attached hydrogens (tertiary/aromatic N) is 1. The topological polar surface area (TPSA) is 24.9 Å². The van der Waals surface area contributed by atoms with Crippen LogP contribution in [0, 0.1) is 5.92 Å². The molecule has 0 amide bonds. The Morgan fingerprint density at radius 1 is 1.44 bits per heavy atom. The largest absolute Gasteiger partial charge is 0.310 e. The zero-order valence-electron chi connectivity index (χ0n) is 8.87. The summed E-state index contributed by atoms with van der Waals surface area (Å²) in [5, 5.41) is 4.66. The number of hydrogen-bond donors (Lipinski definition) is 1. The van der Waals surface area contributed by atoms with Gasteiger partial charge in [-0.05, 0) is 43.5 Å². The van der Waals surface area contributed by atoms with Crippen LogP contribution < -0.4 is 5.32 Å². The summed E-state index contributed by atoms with van der Waals surface area (Å²) in [5.41, 5.74) is 1.11. The van der Waals surface area contributed by atoms with E-state index in [0.29, 0.717) is 0 Å². The van der Waals surface area contributed by atoms with Gasteiger partial charge in [0.1, 0.15) is 5.01 Å². The fourth-order valence-corrected chi connectivity index (χ4v) is 3.22. The molecule has 0 unspecified atom stereocenters. The molecular weight excluding hydrogens is 284 g/mol. The van der Waals surface area contributed by atoms with E-state index in [2.05, 4.69) is 38.4 Å². The van der Waals surface area contributed by atoms with Crippen molar-refractivity contribution in [2.45, 2.75) is 19.4 Å². The minimum Gasteiger partial charge on any atom is -0.310 e. The number of thiazole rings is 1. The molecule has 84 valence electrons. The second kappa shape index (κ2) is 4.43. The molecule has 0 atom stereocenters. The second-order valence-corrected chi connectivity index (χ2v) is 6.32. The summed E-state index contributed by atoms with van der Waals surface area (Å²) in [6.07, 6.45) is 2.81. The van der Waals surface area contributed by atoms with E-state index in [-0.39, 0.29) is 0 Å². The minimum atomic E-state index is 0.910. The smallest absolute Gasteiger partial charge is 0.108 e. The summed E-state index contributed by atoms with van der Waals surface area (Å²) < 4.78 is 2.39. The van der Waals surface area contributed by atoms with Gasteiger partial charge in [-0.25, -0.2) is 4.98 Å². The summed E-state index contributed by atoms with van der Waals surface area (Å²) in [4.78, 5) is 4.61. The van der Waals surface area contributed by atoms with E-state index in [4.69, 9.17) is 0 Å². The first kappa shape index (κ1) is 10.7. The monoisotopic (exact) mass is 296 g/mol. The first-order chi connectivity index (χ1) is 7.81. The van der Waals surface area contributed by atoms with Gasteiger partial charge >= 0.3 is 0 Å². The van der Waals surface area contributed by atoms with Crippen LogP contribution in [-0.2, 0) is 6.54 Å². The van der Waals surface area contributed by atoms with Gasteiger partial charge in [-0.2, -0.15) is 0 Å². The predicted molar refractivity (Wildman–Crippen MR) is 71.8 cm³/mol. The molecule has 0 aliphatic heterocycles. The van der Waals surface area contributed by atoms with Crippen LogP contribution in [0.2, 0.25) is 0 Å². The Morgan fingerprint density at radius 2 is 2.31 bits per heavy atom. The maximum atomic E-state index is 4.61. The van der Waals surface area contributed by atoms with Crippen molar-refractivity contribution in [1.29, 1.82) is 0 Å². The van der Waals surface area contributed by atoms with Gasteiger partial charge in [-0.1, -0.05) is 15.9 Å². The summed E-state index contributed by atoms with van der Waals surface area (Å²) in [6.45, 7) is 2.06. The summed E-state index contributed by atoms with van der Waals surface area (Å²) >= 11 is 5.26. The van der Waals surface area contributed by atoms with E-state index in [9.17, 15) is 0 Å². The Bertz CT molecular complexity index is 505. The van der Waals surface area contributed by atoms with Crippen LogP contribution in [0.4, 0.5) is 0 Å². The van der Waals surface area contributed by atoms with Crippen LogP contribution in [0.15, 0.2) is 22.7 Å². The van der Waals surface area contributed by atoms with Gasteiger partial charge in [0, 0.05) is 11.0 Å². The van der Waals surface area contributed by atoms with Crippen molar-refractivity contribution in [2.75, 3.05) is 6.54 Å². The number of halogens is 1. The number of benzene rings is 1. The minimum absolute atomic E-state index is 0.910. The third kappa shape index (κ3) is 2.44. The summed E-state index contributed by atoms with van der Waals surface area (Å²) in [7, 11) is 0. The molecule has 1 heterocycles. The molecule has 3 rings (SSSR count).